The molecule has 0 bridgehead atoms. The molecule has 0 aromatic heterocycles. The van der Waals surface area contributed by atoms with E-state index in [2.05, 4.69) is 6.92 Å². The average molecular weight is 197 g/mol. The summed E-state index contributed by atoms with van der Waals surface area (Å²) in [6.45, 7) is 3.97. The first kappa shape index (κ1) is 9.44. The summed E-state index contributed by atoms with van der Waals surface area (Å²) >= 11 is 0. The molecule has 1 fully saturated rings. The topological polar surface area (TPSA) is 3.24 Å². The third kappa shape index (κ3) is 1.72. The molecule has 0 unspecified atom stereocenters. The zero-order chi connectivity index (χ0) is 10.1. The lowest BCUT2D eigenvalue weighted by Crippen LogP contribution is -2.46. The van der Waals surface area contributed by atoms with Crippen LogP contribution in [0.5, 0.6) is 0 Å². The smallest absolute Gasteiger partial charge is 0.128 e. The second-order valence-electron chi connectivity index (χ2n) is 3.81. The van der Waals surface area contributed by atoms with Gasteiger partial charge in [-0.3, -0.25) is 0 Å². The van der Waals surface area contributed by atoms with Crippen LogP contribution in [0.25, 0.3) is 0 Å². The maximum Gasteiger partial charge on any atom is 0.128 e. The van der Waals surface area contributed by atoms with Gasteiger partial charge in [0.25, 0.3) is 0 Å². The minimum atomic E-state index is -0.500. The van der Waals surface area contributed by atoms with Crippen LogP contribution in [0.15, 0.2) is 18.2 Å². The molecule has 3 heteroatoms. The second kappa shape index (κ2) is 3.56. The Bertz CT molecular complexity index is 312. The van der Waals surface area contributed by atoms with Crippen LogP contribution in [0, 0.1) is 17.6 Å². The van der Waals surface area contributed by atoms with Gasteiger partial charge in [-0.25, -0.2) is 8.78 Å². The molecular formula is C11H13F2N. The van der Waals surface area contributed by atoms with Gasteiger partial charge in [0.1, 0.15) is 11.6 Å². The van der Waals surface area contributed by atoms with E-state index in [4.69, 9.17) is 0 Å². The minimum absolute atomic E-state index is 0.500. The van der Waals surface area contributed by atoms with Crippen molar-refractivity contribution in [2.75, 3.05) is 18.0 Å². The molecule has 0 radical (unpaired) electrons. The Hall–Kier alpha value is -1.12. The van der Waals surface area contributed by atoms with Crippen molar-refractivity contribution in [1.29, 1.82) is 0 Å². The Morgan fingerprint density at radius 2 is 1.79 bits per heavy atom. The molecular weight excluding hydrogens is 184 g/mol. The summed E-state index contributed by atoms with van der Waals surface area (Å²) in [6.07, 6.45) is 1.13. The molecule has 2 rings (SSSR count). The van der Waals surface area contributed by atoms with Crippen molar-refractivity contribution < 1.29 is 8.78 Å². The summed E-state index contributed by atoms with van der Waals surface area (Å²) in [5.41, 5.74) is 0.659. The first-order chi connectivity index (χ1) is 6.69. The molecule has 1 aromatic carbocycles. The third-order valence-electron chi connectivity index (χ3n) is 2.75. The molecule has 1 heterocycles. The minimum Gasteiger partial charge on any atom is -0.371 e. The lowest BCUT2D eigenvalue weighted by atomic mass is 9.96. The van der Waals surface area contributed by atoms with Gasteiger partial charge in [-0.2, -0.15) is 0 Å². The predicted molar refractivity (Wildman–Crippen MR) is 52.4 cm³/mol. The standard InChI is InChI=1S/C11H13F2N/c1-2-8-6-14(7-8)11-4-9(12)3-10(13)5-11/h3-5,8H,2,6-7H2,1H3. The molecule has 0 aliphatic carbocycles. The lowest BCUT2D eigenvalue weighted by molar-refractivity contribution is 0.397. The summed E-state index contributed by atoms with van der Waals surface area (Å²) in [5.74, 6) is -0.318. The van der Waals surface area contributed by atoms with E-state index >= 15 is 0 Å². The van der Waals surface area contributed by atoms with Crippen LogP contribution < -0.4 is 4.90 Å². The van der Waals surface area contributed by atoms with Gasteiger partial charge in [0.2, 0.25) is 0 Å². The van der Waals surface area contributed by atoms with Crippen LogP contribution >= 0.6 is 0 Å². The molecule has 1 nitrogen and oxygen atoms in total. The molecule has 0 saturated carbocycles. The van der Waals surface area contributed by atoms with Crippen LogP contribution in [0.1, 0.15) is 13.3 Å². The van der Waals surface area contributed by atoms with Crippen LogP contribution in [0.4, 0.5) is 14.5 Å². The molecule has 0 amide bonds. The van der Waals surface area contributed by atoms with Gasteiger partial charge in [0, 0.05) is 24.8 Å². The van der Waals surface area contributed by atoms with Crippen molar-refractivity contribution in [3.05, 3.63) is 29.8 Å². The van der Waals surface area contributed by atoms with Crippen molar-refractivity contribution in [2.24, 2.45) is 5.92 Å². The number of anilines is 1. The molecule has 1 aliphatic rings. The molecule has 1 aliphatic heterocycles. The number of nitrogens with zero attached hydrogens (tertiary/aromatic N) is 1. The Labute approximate surface area is 82.3 Å². The fourth-order valence-corrected chi connectivity index (χ4v) is 1.76. The third-order valence-corrected chi connectivity index (χ3v) is 2.75. The molecule has 0 spiro atoms. The highest BCUT2D eigenvalue weighted by atomic mass is 19.1. The van der Waals surface area contributed by atoms with E-state index in [0.29, 0.717) is 11.6 Å². The fourth-order valence-electron chi connectivity index (χ4n) is 1.76. The zero-order valence-electron chi connectivity index (χ0n) is 8.13. The van der Waals surface area contributed by atoms with Gasteiger partial charge in [0.15, 0.2) is 0 Å². The Balaban J connectivity index is 2.10. The van der Waals surface area contributed by atoms with Crippen molar-refractivity contribution in [3.63, 3.8) is 0 Å². The van der Waals surface area contributed by atoms with Crippen LogP contribution in [0.2, 0.25) is 0 Å². The van der Waals surface area contributed by atoms with Crippen molar-refractivity contribution >= 4 is 5.69 Å². The maximum absolute atomic E-state index is 12.9. The largest absolute Gasteiger partial charge is 0.371 e. The molecule has 0 atom stereocenters. The second-order valence-corrected chi connectivity index (χ2v) is 3.81. The number of hydrogen-bond donors (Lipinski definition) is 0. The summed E-state index contributed by atoms with van der Waals surface area (Å²) in [5, 5.41) is 0. The molecule has 1 saturated heterocycles. The lowest BCUT2D eigenvalue weighted by Gasteiger charge is -2.40. The number of rotatable bonds is 2. The van der Waals surface area contributed by atoms with E-state index in [1.165, 1.54) is 12.1 Å². The summed E-state index contributed by atoms with van der Waals surface area (Å²) < 4.78 is 25.7. The van der Waals surface area contributed by atoms with E-state index < -0.39 is 11.6 Å². The van der Waals surface area contributed by atoms with Gasteiger partial charge in [-0.15, -0.1) is 0 Å². The van der Waals surface area contributed by atoms with Gasteiger partial charge in [-0.05, 0) is 24.5 Å². The van der Waals surface area contributed by atoms with Gasteiger partial charge < -0.3 is 4.90 Å². The Morgan fingerprint density at radius 1 is 1.21 bits per heavy atom. The molecule has 0 N–H and O–H groups in total. The fraction of sp³-hybridized carbons (Fsp3) is 0.455. The Morgan fingerprint density at radius 3 is 2.29 bits per heavy atom. The van der Waals surface area contributed by atoms with Crippen LogP contribution in [0.3, 0.4) is 0 Å². The van der Waals surface area contributed by atoms with E-state index in [-0.39, 0.29) is 0 Å². The summed E-state index contributed by atoms with van der Waals surface area (Å²) in [4.78, 5) is 2.00. The Kier molecular flexibility index (Phi) is 2.40. The zero-order valence-corrected chi connectivity index (χ0v) is 8.13. The highest BCUT2D eigenvalue weighted by Gasteiger charge is 2.25. The number of hydrogen-bond acceptors (Lipinski definition) is 1. The van der Waals surface area contributed by atoms with Gasteiger partial charge in [0.05, 0.1) is 0 Å². The summed E-state index contributed by atoms with van der Waals surface area (Å²) in [7, 11) is 0. The maximum atomic E-state index is 12.9. The highest BCUT2D eigenvalue weighted by Crippen LogP contribution is 2.27. The summed E-state index contributed by atoms with van der Waals surface area (Å²) in [6, 6.07) is 3.67. The molecule has 14 heavy (non-hydrogen) atoms. The van der Waals surface area contributed by atoms with Crippen molar-refractivity contribution in [1.82, 2.24) is 0 Å². The van der Waals surface area contributed by atoms with E-state index in [0.717, 1.165) is 25.6 Å². The van der Waals surface area contributed by atoms with Gasteiger partial charge in [-0.1, -0.05) is 6.92 Å². The predicted octanol–water partition coefficient (Wildman–Crippen LogP) is 2.81. The SMILES string of the molecule is CCC1CN(c2cc(F)cc(F)c2)C1. The molecule has 76 valence electrons. The normalized spacial score (nSPS) is 16.9. The number of halogens is 2. The van der Waals surface area contributed by atoms with Crippen molar-refractivity contribution in [3.8, 4) is 0 Å². The van der Waals surface area contributed by atoms with E-state index in [1.54, 1.807) is 0 Å². The van der Waals surface area contributed by atoms with Crippen LogP contribution in [-0.2, 0) is 0 Å². The van der Waals surface area contributed by atoms with E-state index in [1.807, 2.05) is 4.90 Å². The first-order valence-electron chi connectivity index (χ1n) is 4.90. The highest BCUT2D eigenvalue weighted by molar-refractivity contribution is 5.49. The monoisotopic (exact) mass is 197 g/mol. The molecule has 1 aromatic rings. The number of benzene rings is 1. The van der Waals surface area contributed by atoms with E-state index in [9.17, 15) is 8.78 Å². The quantitative estimate of drug-likeness (QED) is 0.704. The first-order valence-corrected chi connectivity index (χ1v) is 4.90. The van der Waals surface area contributed by atoms with Crippen molar-refractivity contribution in [2.45, 2.75) is 13.3 Å². The average Bonchev–Trinajstić information content (AvgIpc) is 2.00. The van der Waals surface area contributed by atoms with Gasteiger partial charge >= 0.3 is 0 Å². The van der Waals surface area contributed by atoms with Crippen LogP contribution in [-0.4, -0.2) is 13.1 Å².